The molecule has 0 spiro atoms. The Hall–Kier alpha value is -6.31. The van der Waals surface area contributed by atoms with Gasteiger partial charge in [-0.1, -0.05) is 18.2 Å². The fraction of sp³-hybridized carbons (Fsp3) is 0.478. The summed E-state index contributed by atoms with van der Waals surface area (Å²) in [6.45, 7) is 21.1. The van der Waals surface area contributed by atoms with E-state index in [9.17, 15) is 23.6 Å². The fourth-order valence-electron chi connectivity index (χ4n) is 8.53. The number of nitrogens with zero attached hydrogens (tertiary/aromatic N) is 6. The third-order valence-electron chi connectivity index (χ3n) is 11.6. The van der Waals surface area contributed by atoms with Crippen LogP contribution >= 0.6 is 15.9 Å². The smallest absolute Gasteiger partial charge is 0.410 e. The Morgan fingerprint density at radius 1 is 0.727 bits per heavy atom. The van der Waals surface area contributed by atoms with Crippen LogP contribution in [0.5, 0.6) is 11.5 Å². The van der Waals surface area contributed by atoms with Crippen molar-refractivity contribution < 1.29 is 42.5 Å². The number of hydrogen-bond acceptors (Lipinski definition) is 14. The maximum absolute atomic E-state index is 14.9. The number of benzene rings is 3. The van der Waals surface area contributed by atoms with E-state index in [-0.39, 0.29) is 42.0 Å². The highest BCUT2D eigenvalue weighted by atomic mass is 79.9. The molecule has 2 unspecified atom stereocenters. The number of carbonyl (C=O) groups excluding carboxylic acids is 4. The molecule has 3 aromatic carbocycles. The summed E-state index contributed by atoms with van der Waals surface area (Å²) in [4.78, 5) is 56.2. The highest BCUT2D eigenvalue weighted by Crippen LogP contribution is 2.45. The van der Waals surface area contributed by atoms with Crippen molar-refractivity contribution in [1.29, 1.82) is 0 Å². The average Bonchev–Trinajstić information content (AvgIpc) is 3.20. The third kappa shape index (κ3) is 9.37. The van der Waals surface area contributed by atoms with Gasteiger partial charge in [0.1, 0.15) is 53.8 Å². The van der Waals surface area contributed by atoms with Crippen molar-refractivity contribution in [3.05, 3.63) is 58.8 Å². The number of ether oxygens (including phenoxy) is 4. The van der Waals surface area contributed by atoms with Crippen LogP contribution < -0.4 is 40.8 Å². The number of fused-ring (bicyclic) bond motifs is 6. The lowest BCUT2D eigenvalue weighted by Gasteiger charge is -2.49. The summed E-state index contributed by atoms with van der Waals surface area (Å²) in [7, 11) is 0. The van der Waals surface area contributed by atoms with Crippen LogP contribution in [0.25, 0.3) is 11.1 Å². The van der Waals surface area contributed by atoms with Gasteiger partial charge >= 0.3 is 12.2 Å². The fourth-order valence-corrected chi connectivity index (χ4v) is 8.95. The van der Waals surface area contributed by atoms with Gasteiger partial charge in [0.05, 0.1) is 28.1 Å². The molecule has 6 aliphatic heterocycles. The van der Waals surface area contributed by atoms with E-state index in [1.165, 1.54) is 6.07 Å². The zero-order valence-corrected chi connectivity index (χ0v) is 40.3. The van der Waals surface area contributed by atoms with Gasteiger partial charge in [-0.15, -0.1) is 0 Å². The minimum atomic E-state index is -0.580. The maximum Gasteiger partial charge on any atom is 0.410 e. The number of amides is 4. The molecule has 3 aromatic rings. The summed E-state index contributed by atoms with van der Waals surface area (Å²) in [6, 6.07) is 13.2. The zero-order chi connectivity index (χ0) is 47.7. The highest BCUT2D eigenvalue weighted by molar-refractivity contribution is 9.10. The molecule has 2 saturated heterocycles. The van der Waals surface area contributed by atoms with Crippen LogP contribution in [0, 0.1) is 5.82 Å². The monoisotopic (exact) mass is 974 g/mol. The average molecular weight is 976 g/mol. The Morgan fingerprint density at radius 3 is 1.64 bits per heavy atom. The Labute approximate surface area is 391 Å². The summed E-state index contributed by atoms with van der Waals surface area (Å²) >= 11 is 3.60. The van der Waals surface area contributed by atoms with Crippen LogP contribution in [0.15, 0.2) is 63.2 Å². The van der Waals surface area contributed by atoms with E-state index in [1.807, 2.05) is 83.4 Å². The lowest BCUT2D eigenvalue weighted by Crippen LogP contribution is -2.66. The molecule has 9 rings (SSSR count). The van der Waals surface area contributed by atoms with Crippen molar-refractivity contribution in [2.24, 2.45) is 10.2 Å². The van der Waals surface area contributed by atoms with Gasteiger partial charge in [-0.3, -0.25) is 9.59 Å². The van der Waals surface area contributed by atoms with Crippen LogP contribution in [0.3, 0.4) is 0 Å². The quantitative estimate of drug-likeness (QED) is 0.209. The van der Waals surface area contributed by atoms with E-state index < -0.39 is 28.8 Å². The molecule has 0 aromatic heterocycles. The molecule has 66 heavy (non-hydrogen) atoms. The first-order chi connectivity index (χ1) is 30.9. The minimum absolute atomic E-state index is 0.164. The van der Waals surface area contributed by atoms with Gasteiger partial charge in [-0.2, -0.15) is 10.2 Å². The van der Waals surface area contributed by atoms with Gasteiger partial charge in [0.2, 0.25) is 0 Å². The van der Waals surface area contributed by atoms with Crippen LogP contribution in [-0.4, -0.2) is 119 Å². The van der Waals surface area contributed by atoms with Crippen LogP contribution in [0.1, 0.15) is 69.2 Å². The number of halogens is 2. The number of rotatable bonds is 5. The molecule has 0 bridgehead atoms. The Morgan fingerprint density at radius 2 is 1.17 bits per heavy atom. The molecule has 2 atom stereocenters. The summed E-state index contributed by atoms with van der Waals surface area (Å²) in [5, 5.41) is 15.3. The number of likely N-dealkylation sites (tertiary alicyclic amines) is 2. The maximum atomic E-state index is 14.9. The summed E-state index contributed by atoms with van der Waals surface area (Å²) in [6.07, 6.45) is -0.683. The predicted octanol–water partition coefficient (Wildman–Crippen LogP) is 6.85. The topological polar surface area (TPSA) is 191 Å². The molecule has 20 heteroatoms. The number of anilines is 4. The molecule has 0 saturated carbocycles. The lowest BCUT2D eigenvalue weighted by atomic mass is 9.90. The first-order valence-corrected chi connectivity index (χ1v) is 22.5. The van der Waals surface area contributed by atoms with E-state index in [1.54, 1.807) is 41.0 Å². The van der Waals surface area contributed by atoms with E-state index in [4.69, 9.17) is 18.9 Å². The summed E-state index contributed by atoms with van der Waals surface area (Å²) < 4.78 is 38.5. The standard InChI is InChI=1S/C26H30FN5O4.C20H26BrN5O4/c1-15-23(33)30-29-22-12-35-21-10-17(16-8-6-7-9-18(16)27)19(11-20(21)32(15)22)28-26(5)13-31(14-26)24(34)36-25(2,3)4;1-11-17(27)24-23-16-8-29-15-6-12(21)13(7-14(15)26(11)16)22-20(5)9-25(10-20)18(28)30-19(2,3)4/h6-11,15,28H,12-14H2,1-5H3,(H,30,33);6-7,11,22H,8-10H2,1-5H3,(H,24,27). The van der Waals surface area contributed by atoms with Crippen molar-refractivity contribution in [2.45, 2.75) is 104 Å². The lowest BCUT2D eigenvalue weighted by molar-refractivity contribution is -0.123. The first kappa shape index (κ1) is 46.2. The van der Waals surface area contributed by atoms with Gasteiger partial charge < -0.3 is 49.2 Å². The molecule has 2 fully saturated rings. The van der Waals surface area contributed by atoms with Gasteiger partial charge in [0, 0.05) is 47.5 Å². The number of hydrogen-bond donors (Lipinski definition) is 4. The molecule has 6 heterocycles. The molecule has 0 radical (unpaired) electrons. The molecular formula is C46H56BrFN10O8. The molecule has 4 N–H and O–H groups in total. The molecule has 18 nitrogen and oxygen atoms in total. The zero-order valence-electron chi connectivity index (χ0n) is 38.7. The predicted molar refractivity (Wildman–Crippen MR) is 252 cm³/mol. The van der Waals surface area contributed by atoms with Crippen LogP contribution in [0.2, 0.25) is 0 Å². The molecule has 0 aliphatic carbocycles. The summed E-state index contributed by atoms with van der Waals surface area (Å²) in [5.41, 5.74) is 7.18. The largest absolute Gasteiger partial charge is 0.483 e. The van der Waals surface area contributed by atoms with E-state index >= 15 is 0 Å². The van der Waals surface area contributed by atoms with E-state index in [0.29, 0.717) is 78.5 Å². The Kier molecular flexibility index (Phi) is 11.8. The van der Waals surface area contributed by atoms with Gasteiger partial charge in [-0.25, -0.2) is 24.8 Å². The molecule has 6 aliphatic rings. The highest BCUT2D eigenvalue weighted by Gasteiger charge is 2.46. The second-order valence-electron chi connectivity index (χ2n) is 19.9. The molecule has 352 valence electrons. The number of amidine groups is 2. The number of nitrogens with one attached hydrogen (secondary N) is 4. The number of hydrazone groups is 2. The minimum Gasteiger partial charge on any atom is -0.483 e. The van der Waals surface area contributed by atoms with Gasteiger partial charge in [-0.05, 0) is 115 Å². The Bertz CT molecular complexity index is 2550. The number of carbonyl (C=O) groups is 4. The van der Waals surface area contributed by atoms with Crippen molar-refractivity contribution in [3.63, 3.8) is 0 Å². The van der Waals surface area contributed by atoms with Crippen molar-refractivity contribution in [1.82, 2.24) is 20.7 Å². The normalized spacial score (nSPS) is 21.0. The SMILES string of the molecule is CC1C(=O)NN=C2COc3cc(-c4ccccc4F)c(NC4(C)CN(C(=O)OC(C)(C)C)C4)cc3N21.CC1C(=O)NN=C2COc3cc(Br)c(NC4(C)CN(C(=O)OC(C)(C)C)C4)cc3N21. The Balaban J connectivity index is 0.000000182. The summed E-state index contributed by atoms with van der Waals surface area (Å²) in [5.74, 6) is 1.72. The van der Waals surface area contributed by atoms with Gasteiger partial charge in [0.25, 0.3) is 11.8 Å². The van der Waals surface area contributed by atoms with Crippen molar-refractivity contribution in [3.8, 4) is 22.6 Å². The van der Waals surface area contributed by atoms with Crippen molar-refractivity contribution >= 4 is 74.4 Å². The molecular weight excluding hydrogens is 919 g/mol. The first-order valence-electron chi connectivity index (χ1n) is 21.8. The van der Waals surface area contributed by atoms with Crippen molar-refractivity contribution in [2.75, 3.05) is 59.8 Å². The van der Waals surface area contributed by atoms with E-state index in [2.05, 4.69) is 54.5 Å². The second-order valence-corrected chi connectivity index (χ2v) is 20.7. The van der Waals surface area contributed by atoms with Gasteiger partial charge in [0.15, 0.2) is 11.7 Å². The second kappa shape index (κ2) is 16.8. The van der Waals surface area contributed by atoms with Crippen LogP contribution in [-0.2, 0) is 19.1 Å². The van der Waals surface area contributed by atoms with E-state index in [0.717, 1.165) is 15.8 Å². The third-order valence-corrected chi connectivity index (χ3v) is 12.2. The van der Waals surface area contributed by atoms with Crippen LogP contribution in [0.4, 0.5) is 36.7 Å². The molecule has 4 amide bonds.